The van der Waals surface area contributed by atoms with Gasteiger partial charge in [0.05, 0.1) is 23.2 Å². The van der Waals surface area contributed by atoms with Crippen LogP contribution >= 0.6 is 0 Å². The van der Waals surface area contributed by atoms with E-state index in [0.29, 0.717) is 31.5 Å². The number of aliphatic carboxylic acids is 1. The molecule has 1 fully saturated rings. The van der Waals surface area contributed by atoms with Gasteiger partial charge in [0.25, 0.3) is 0 Å². The highest BCUT2D eigenvalue weighted by atomic mass is 19.4. The first-order valence-corrected chi connectivity index (χ1v) is 8.41. The summed E-state index contributed by atoms with van der Waals surface area (Å²) < 4.78 is 38.5. The Morgan fingerprint density at radius 3 is 2.27 bits per heavy atom. The predicted molar refractivity (Wildman–Crippen MR) is 89.5 cm³/mol. The van der Waals surface area contributed by atoms with Crippen LogP contribution in [0.5, 0.6) is 0 Å². The average Bonchev–Trinajstić information content (AvgIpc) is 2.63. The lowest BCUT2D eigenvalue weighted by molar-refractivity contribution is -0.143. The van der Waals surface area contributed by atoms with Crippen LogP contribution in [-0.2, 0) is 11.0 Å². The largest absolute Gasteiger partial charge is 0.481 e. The van der Waals surface area contributed by atoms with Crippen molar-refractivity contribution in [2.45, 2.75) is 25.1 Å². The molecule has 7 heteroatoms. The molecule has 1 aromatic heterocycles. The van der Waals surface area contributed by atoms with Crippen molar-refractivity contribution in [2.24, 2.45) is 5.92 Å². The van der Waals surface area contributed by atoms with E-state index in [1.165, 1.54) is 12.1 Å². The number of benzene rings is 1. The van der Waals surface area contributed by atoms with E-state index in [1.807, 2.05) is 12.1 Å². The third-order valence-corrected chi connectivity index (χ3v) is 4.77. The number of pyridine rings is 1. The van der Waals surface area contributed by atoms with Crippen LogP contribution in [0.1, 0.15) is 35.7 Å². The van der Waals surface area contributed by atoms with Crippen LogP contribution in [0.4, 0.5) is 13.2 Å². The fourth-order valence-corrected chi connectivity index (χ4v) is 3.37. The van der Waals surface area contributed by atoms with Gasteiger partial charge in [-0.25, -0.2) is 0 Å². The first-order chi connectivity index (χ1) is 12.4. The molecule has 1 N–H and O–H groups in total. The summed E-state index contributed by atoms with van der Waals surface area (Å²) in [5, 5.41) is 9.17. The van der Waals surface area contributed by atoms with E-state index in [-0.39, 0.29) is 12.0 Å². The van der Waals surface area contributed by atoms with Crippen LogP contribution in [0.25, 0.3) is 0 Å². The third-order valence-electron chi connectivity index (χ3n) is 4.77. The number of rotatable bonds is 4. The van der Waals surface area contributed by atoms with E-state index in [4.69, 9.17) is 5.11 Å². The Balaban J connectivity index is 1.89. The first kappa shape index (κ1) is 18.4. The van der Waals surface area contributed by atoms with Crippen molar-refractivity contribution in [3.63, 3.8) is 0 Å². The molecule has 2 aromatic rings. The van der Waals surface area contributed by atoms with Crippen molar-refractivity contribution in [3.8, 4) is 0 Å². The maximum absolute atomic E-state index is 12.8. The minimum Gasteiger partial charge on any atom is -0.481 e. The van der Waals surface area contributed by atoms with E-state index in [9.17, 15) is 18.0 Å². The number of aromatic nitrogens is 1. The summed E-state index contributed by atoms with van der Waals surface area (Å²) in [6.45, 7) is 1.11. The van der Waals surface area contributed by atoms with Gasteiger partial charge in [-0.2, -0.15) is 13.2 Å². The van der Waals surface area contributed by atoms with E-state index in [0.717, 1.165) is 17.8 Å². The van der Waals surface area contributed by atoms with Crippen molar-refractivity contribution in [1.29, 1.82) is 0 Å². The van der Waals surface area contributed by atoms with Crippen LogP contribution in [0.2, 0.25) is 0 Å². The number of carbonyl (C=O) groups is 1. The summed E-state index contributed by atoms with van der Waals surface area (Å²) >= 11 is 0. The Morgan fingerprint density at radius 1 is 1.12 bits per heavy atom. The number of alkyl halides is 3. The predicted octanol–water partition coefficient (Wildman–Crippen LogP) is 3.99. The minimum atomic E-state index is -4.38. The Bertz CT molecular complexity index is 740. The zero-order chi connectivity index (χ0) is 18.7. The maximum Gasteiger partial charge on any atom is 0.416 e. The van der Waals surface area contributed by atoms with Gasteiger partial charge < -0.3 is 5.11 Å². The average molecular weight is 364 g/mol. The van der Waals surface area contributed by atoms with Gasteiger partial charge in [-0.05, 0) is 55.8 Å². The third kappa shape index (κ3) is 4.04. The number of carboxylic acid groups (broad SMARTS) is 1. The summed E-state index contributed by atoms with van der Waals surface area (Å²) in [7, 11) is 0. The molecule has 1 aliphatic rings. The Morgan fingerprint density at radius 2 is 1.77 bits per heavy atom. The zero-order valence-electron chi connectivity index (χ0n) is 14.0. The number of nitrogens with zero attached hydrogens (tertiary/aromatic N) is 2. The number of halogens is 3. The van der Waals surface area contributed by atoms with Crippen LogP contribution in [0.15, 0.2) is 48.7 Å². The Hall–Kier alpha value is -2.41. The zero-order valence-corrected chi connectivity index (χ0v) is 14.0. The van der Waals surface area contributed by atoms with Crippen molar-refractivity contribution in [2.75, 3.05) is 13.1 Å². The first-order valence-electron chi connectivity index (χ1n) is 8.41. The molecular formula is C19H19F3N2O2. The molecule has 0 spiro atoms. The molecule has 26 heavy (non-hydrogen) atoms. The lowest BCUT2D eigenvalue weighted by Gasteiger charge is -2.36. The van der Waals surface area contributed by atoms with E-state index < -0.39 is 17.7 Å². The van der Waals surface area contributed by atoms with E-state index in [2.05, 4.69) is 9.88 Å². The molecule has 1 saturated heterocycles. The molecule has 0 amide bonds. The Kier molecular flexibility index (Phi) is 5.27. The highest BCUT2D eigenvalue weighted by molar-refractivity contribution is 5.70. The smallest absolute Gasteiger partial charge is 0.416 e. The summed E-state index contributed by atoms with van der Waals surface area (Å²) in [5.74, 6) is -1.17. The van der Waals surface area contributed by atoms with Crippen LogP contribution < -0.4 is 0 Å². The molecule has 1 aromatic carbocycles. The number of carboxylic acids is 1. The molecule has 0 radical (unpaired) electrons. The molecule has 3 rings (SSSR count). The number of piperidine rings is 1. The van der Waals surface area contributed by atoms with Crippen LogP contribution in [0.3, 0.4) is 0 Å². The van der Waals surface area contributed by atoms with E-state index in [1.54, 1.807) is 12.3 Å². The summed E-state index contributed by atoms with van der Waals surface area (Å²) in [6, 6.07) is 10.3. The summed E-state index contributed by atoms with van der Waals surface area (Å²) in [4.78, 5) is 17.6. The second-order valence-electron chi connectivity index (χ2n) is 6.43. The fourth-order valence-electron chi connectivity index (χ4n) is 3.37. The molecule has 1 atom stereocenters. The van der Waals surface area contributed by atoms with Gasteiger partial charge in [0.2, 0.25) is 0 Å². The highest BCUT2D eigenvalue weighted by Gasteiger charge is 2.33. The van der Waals surface area contributed by atoms with Crippen molar-refractivity contribution >= 4 is 5.97 Å². The van der Waals surface area contributed by atoms with Crippen LogP contribution in [-0.4, -0.2) is 34.0 Å². The lowest BCUT2D eigenvalue weighted by Crippen LogP contribution is -2.39. The van der Waals surface area contributed by atoms with Gasteiger partial charge in [-0.3, -0.25) is 14.7 Å². The van der Waals surface area contributed by atoms with Gasteiger partial charge in [-0.1, -0.05) is 18.2 Å². The molecule has 1 unspecified atom stereocenters. The Labute approximate surface area is 149 Å². The summed E-state index contributed by atoms with van der Waals surface area (Å²) in [5.41, 5.74) is 0.761. The van der Waals surface area contributed by atoms with Crippen molar-refractivity contribution < 1.29 is 23.1 Å². The van der Waals surface area contributed by atoms with Gasteiger partial charge in [0.1, 0.15) is 0 Å². The van der Waals surface area contributed by atoms with E-state index >= 15 is 0 Å². The fraction of sp³-hybridized carbons (Fsp3) is 0.368. The number of hydrogen-bond donors (Lipinski definition) is 1. The second kappa shape index (κ2) is 7.45. The molecule has 0 aliphatic carbocycles. The number of hydrogen-bond acceptors (Lipinski definition) is 3. The molecule has 0 saturated carbocycles. The molecule has 138 valence electrons. The topological polar surface area (TPSA) is 53.4 Å². The number of likely N-dealkylation sites (tertiary alicyclic amines) is 1. The molecule has 2 heterocycles. The minimum absolute atomic E-state index is 0.298. The lowest BCUT2D eigenvalue weighted by atomic mass is 9.92. The van der Waals surface area contributed by atoms with Gasteiger partial charge in [0.15, 0.2) is 0 Å². The molecule has 0 bridgehead atoms. The van der Waals surface area contributed by atoms with Gasteiger partial charge >= 0.3 is 12.1 Å². The normalized spacial score (nSPS) is 17.8. The maximum atomic E-state index is 12.8. The van der Waals surface area contributed by atoms with Crippen molar-refractivity contribution in [1.82, 2.24) is 9.88 Å². The molecule has 1 aliphatic heterocycles. The highest BCUT2D eigenvalue weighted by Crippen LogP contribution is 2.34. The molecular weight excluding hydrogens is 345 g/mol. The quantitative estimate of drug-likeness (QED) is 0.891. The van der Waals surface area contributed by atoms with Crippen molar-refractivity contribution in [3.05, 3.63) is 65.5 Å². The SMILES string of the molecule is O=C(O)C1CCN(C(c2ccc(C(F)(F)F)cc2)c2ccccn2)CC1. The monoisotopic (exact) mass is 364 g/mol. The summed E-state index contributed by atoms with van der Waals surface area (Å²) in [6.07, 6.45) is -1.70. The van der Waals surface area contributed by atoms with Crippen LogP contribution in [0, 0.1) is 5.92 Å². The van der Waals surface area contributed by atoms with Gasteiger partial charge in [-0.15, -0.1) is 0 Å². The molecule has 4 nitrogen and oxygen atoms in total. The second-order valence-corrected chi connectivity index (χ2v) is 6.43. The standard InChI is InChI=1S/C19H19F3N2O2/c20-19(21,22)15-6-4-13(5-7-15)17(16-3-1-2-10-23-16)24-11-8-14(9-12-24)18(25)26/h1-7,10,14,17H,8-9,11-12H2,(H,25,26). The van der Waals surface area contributed by atoms with Gasteiger partial charge in [0, 0.05) is 6.20 Å².